The molecule has 25 heavy (non-hydrogen) atoms. The molecule has 0 spiro atoms. The Bertz CT molecular complexity index is 689. The molecule has 1 aliphatic rings. The molecular formula is C17H22N4O3S. The SMILES string of the molecule is CCc1cccc(C)c1NC(=S)NNC(=O)CCN1C(=O)CCC1=O. The average molecular weight is 362 g/mol. The number of likely N-dealkylation sites (tertiary alicyclic amines) is 1. The summed E-state index contributed by atoms with van der Waals surface area (Å²) in [6.45, 7) is 4.12. The van der Waals surface area contributed by atoms with Crippen LogP contribution in [0.15, 0.2) is 18.2 Å². The lowest BCUT2D eigenvalue weighted by molar-refractivity contribution is -0.138. The zero-order chi connectivity index (χ0) is 18.4. The van der Waals surface area contributed by atoms with Crippen LogP contribution >= 0.6 is 12.2 Å². The molecule has 0 unspecified atom stereocenters. The van der Waals surface area contributed by atoms with E-state index >= 15 is 0 Å². The van der Waals surface area contributed by atoms with E-state index in [4.69, 9.17) is 12.2 Å². The Morgan fingerprint density at radius 2 is 1.88 bits per heavy atom. The van der Waals surface area contributed by atoms with E-state index in [1.807, 2.05) is 25.1 Å². The van der Waals surface area contributed by atoms with Gasteiger partial charge >= 0.3 is 0 Å². The Kier molecular flexibility index (Phi) is 6.46. The monoisotopic (exact) mass is 362 g/mol. The summed E-state index contributed by atoms with van der Waals surface area (Å²) in [6, 6.07) is 5.98. The van der Waals surface area contributed by atoms with E-state index in [-0.39, 0.29) is 48.6 Å². The van der Waals surface area contributed by atoms with E-state index in [0.717, 1.165) is 28.1 Å². The van der Waals surface area contributed by atoms with Crippen LogP contribution in [0.25, 0.3) is 0 Å². The molecule has 0 bridgehead atoms. The number of carbonyl (C=O) groups excluding carboxylic acids is 3. The van der Waals surface area contributed by atoms with Crippen molar-refractivity contribution in [1.82, 2.24) is 15.8 Å². The van der Waals surface area contributed by atoms with Gasteiger partial charge in [-0.15, -0.1) is 0 Å². The molecule has 0 aromatic heterocycles. The molecule has 0 aliphatic carbocycles. The number of aryl methyl sites for hydroxylation is 2. The molecule has 3 amide bonds. The molecule has 1 fully saturated rings. The zero-order valence-corrected chi connectivity index (χ0v) is 15.2. The molecule has 0 atom stereocenters. The minimum Gasteiger partial charge on any atom is -0.331 e. The Hall–Kier alpha value is -2.48. The van der Waals surface area contributed by atoms with Crippen molar-refractivity contribution in [3.05, 3.63) is 29.3 Å². The van der Waals surface area contributed by atoms with Crippen LogP contribution in [0.5, 0.6) is 0 Å². The lowest BCUT2D eigenvalue weighted by Crippen LogP contribution is -2.45. The largest absolute Gasteiger partial charge is 0.331 e. The van der Waals surface area contributed by atoms with Crippen molar-refractivity contribution in [2.75, 3.05) is 11.9 Å². The smallest absolute Gasteiger partial charge is 0.240 e. The molecule has 134 valence electrons. The van der Waals surface area contributed by atoms with Crippen molar-refractivity contribution in [3.63, 3.8) is 0 Å². The second kappa shape index (κ2) is 8.57. The summed E-state index contributed by atoms with van der Waals surface area (Å²) in [7, 11) is 0. The van der Waals surface area contributed by atoms with Crippen molar-refractivity contribution in [2.45, 2.75) is 39.5 Å². The van der Waals surface area contributed by atoms with Crippen LogP contribution in [0.4, 0.5) is 5.69 Å². The van der Waals surface area contributed by atoms with Gasteiger partial charge in [0.15, 0.2) is 5.11 Å². The third-order valence-corrected chi connectivity index (χ3v) is 4.22. The van der Waals surface area contributed by atoms with Crippen molar-refractivity contribution in [3.8, 4) is 0 Å². The van der Waals surface area contributed by atoms with Gasteiger partial charge < -0.3 is 5.32 Å². The molecule has 3 N–H and O–H groups in total. The maximum Gasteiger partial charge on any atom is 0.240 e. The topological polar surface area (TPSA) is 90.5 Å². The Morgan fingerprint density at radius 1 is 1.20 bits per heavy atom. The summed E-state index contributed by atoms with van der Waals surface area (Å²) in [5.74, 6) is -0.804. The Balaban J connectivity index is 1.79. The molecule has 8 heteroatoms. The third kappa shape index (κ3) is 4.99. The van der Waals surface area contributed by atoms with Crippen LogP contribution in [0.3, 0.4) is 0 Å². The number of para-hydroxylation sites is 1. The van der Waals surface area contributed by atoms with Crippen LogP contribution in [0.2, 0.25) is 0 Å². The number of benzene rings is 1. The first-order chi connectivity index (χ1) is 11.9. The van der Waals surface area contributed by atoms with E-state index in [9.17, 15) is 14.4 Å². The third-order valence-electron chi connectivity index (χ3n) is 4.01. The summed E-state index contributed by atoms with van der Waals surface area (Å²) < 4.78 is 0. The number of rotatable bonds is 5. The number of imide groups is 1. The van der Waals surface area contributed by atoms with Gasteiger partial charge in [-0.2, -0.15) is 0 Å². The predicted octanol–water partition coefficient (Wildman–Crippen LogP) is 1.41. The minimum atomic E-state index is -0.350. The summed E-state index contributed by atoms with van der Waals surface area (Å²) >= 11 is 5.19. The summed E-state index contributed by atoms with van der Waals surface area (Å²) in [5.41, 5.74) is 8.22. The lowest BCUT2D eigenvalue weighted by Gasteiger charge is -2.17. The van der Waals surface area contributed by atoms with Gasteiger partial charge in [-0.25, -0.2) is 0 Å². The number of nitrogens with zero attached hydrogens (tertiary/aromatic N) is 1. The van der Waals surface area contributed by atoms with Crippen molar-refractivity contribution in [2.24, 2.45) is 0 Å². The molecule has 7 nitrogen and oxygen atoms in total. The quantitative estimate of drug-likeness (QED) is 0.417. The first kappa shape index (κ1) is 18.9. The summed E-state index contributed by atoms with van der Waals surface area (Å²) in [6.07, 6.45) is 1.33. The van der Waals surface area contributed by atoms with Gasteiger partial charge in [-0.05, 0) is 36.7 Å². The first-order valence-electron chi connectivity index (χ1n) is 8.20. The molecule has 1 aromatic carbocycles. The molecule has 1 aliphatic heterocycles. The number of thiocarbonyl (C=S) groups is 1. The van der Waals surface area contributed by atoms with Crippen molar-refractivity contribution in [1.29, 1.82) is 0 Å². The Labute approximate surface area is 152 Å². The number of carbonyl (C=O) groups is 3. The number of anilines is 1. The second-order valence-corrected chi connectivity index (χ2v) is 6.19. The number of hydrogen-bond acceptors (Lipinski definition) is 4. The molecule has 2 rings (SSSR count). The number of nitrogens with one attached hydrogen (secondary N) is 3. The fraction of sp³-hybridized carbons (Fsp3) is 0.412. The van der Waals surface area contributed by atoms with E-state index < -0.39 is 0 Å². The lowest BCUT2D eigenvalue weighted by atomic mass is 10.1. The van der Waals surface area contributed by atoms with Gasteiger partial charge in [-0.1, -0.05) is 25.1 Å². The molecule has 0 radical (unpaired) electrons. The fourth-order valence-electron chi connectivity index (χ4n) is 2.62. The second-order valence-electron chi connectivity index (χ2n) is 5.78. The highest BCUT2D eigenvalue weighted by Gasteiger charge is 2.28. The van der Waals surface area contributed by atoms with Crippen LogP contribution < -0.4 is 16.2 Å². The van der Waals surface area contributed by atoms with Gasteiger partial charge in [-0.3, -0.25) is 30.1 Å². The van der Waals surface area contributed by atoms with Gasteiger partial charge in [0.1, 0.15) is 0 Å². The van der Waals surface area contributed by atoms with Crippen LogP contribution in [-0.2, 0) is 20.8 Å². The first-order valence-corrected chi connectivity index (χ1v) is 8.60. The molecule has 0 saturated carbocycles. The minimum absolute atomic E-state index is 0.0255. The van der Waals surface area contributed by atoms with Gasteiger partial charge in [0.2, 0.25) is 17.7 Å². The fourth-order valence-corrected chi connectivity index (χ4v) is 2.77. The van der Waals surface area contributed by atoms with Crippen LogP contribution in [-0.4, -0.2) is 34.3 Å². The van der Waals surface area contributed by atoms with Gasteiger partial charge in [0, 0.05) is 31.5 Å². The van der Waals surface area contributed by atoms with Crippen molar-refractivity contribution >= 4 is 40.7 Å². The normalized spacial score (nSPS) is 13.8. The van der Waals surface area contributed by atoms with Gasteiger partial charge in [0.25, 0.3) is 0 Å². The van der Waals surface area contributed by atoms with Gasteiger partial charge in [0.05, 0.1) is 0 Å². The highest BCUT2D eigenvalue weighted by atomic mass is 32.1. The van der Waals surface area contributed by atoms with E-state index in [1.165, 1.54) is 0 Å². The molecule has 1 heterocycles. The standard InChI is InChI=1S/C17H22N4O3S/c1-3-12-6-4-5-11(2)16(12)18-17(25)20-19-13(22)9-10-21-14(23)7-8-15(21)24/h4-6H,3,7-10H2,1-2H3,(H,19,22)(H2,18,20,25). The number of hydrazine groups is 1. The average Bonchev–Trinajstić information content (AvgIpc) is 2.91. The number of amides is 3. The van der Waals surface area contributed by atoms with Crippen molar-refractivity contribution < 1.29 is 14.4 Å². The van der Waals surface area contributed by atoms with Crippen LogP contribution in [0, 0.1) is 6.92 Å². The Morgan fingerprint density at radius 3 is 2.52 bits per heavy atom. The summed E-state index contributed by atoms with van der Waals surface area (Å²) in [5, 5.41) is 3.35. The highest BCUT2D eigenvalue weighted by molar-refractivity contribution is 7.80. The maximum atomic E-state index is 11.8. The zero-order valence-electron chi connectivity index (χ0n) is 14.3. The molecule has 1 aromatic rings. The highest BCUT2D eigenvalue weighted by Crippen LogP contribution is 2.20. The molecule has 1 saturated heterocycles. The maximum absolute atomic E-state index is 11.8. The molecular weight excluding hydrogens is 340 g/mol. The summed E-state index contributed by atoms with van der Waals surface area (Å²) in [4.78, 5) is 35.9. The van der Waals surface area contributed by atoms with Crippen LogP contribution in [0.1, 0.15) is 37.3 Å². The number of hydrogen-bond donors (Lipinski definition) is 3. The van der Waals surface area contributed by atoms with E-state index in [1.54, 1.807) is 0 Å². The predicted molar refractivity (Wildman–Crippen MR) is 98.6 cm³/mol. The van der Waals surface area contributed by atoms with E-state index in [2.05, 4.69) is 23.1 Å². The van der Waals surface area contributed by atoms with E-state index in [0.29, 0.717) is 0 Å².